The van der Waals surface area contributed by atoms with E-state index >= 15 is 0 Å². The molecule has 1 amide bonds. The van der Waals surface area contributed by atoms with E-state index in [-0.39, 0.29) is 17.4 Å². The van der Waals surface area contributed by atoms with E-state index in [1.54, 1.807) is 24.3 Å². The van der Waals surface area contributed by atoms with Crippen molar-refractivity contribution in [2.24, 2.45) is 0 Å². The molecule has 0 fully saturated rings. The van der Waals surface area contributed by atoms with Crippen LogP contribution in [0.5, 0.6) is 5.75 Å². The number of amides is 1. The lowest BCUT2D eigenvalue weighted by atomic mass is 9.92. The molecule has 0 bridgehead atoms. The highest BCUT2D eigenvalue weighted by Gasteiger charge is 2.22. The van der Waals surface area contributed by atoms with Crippen LogP contribution in [0.15, 0.2) is 41.3 Å². The van der Waals surface area contributed by atoms with Crippen LogP contribution in [-0.2, 0) is 27.7 Å². The summed E-state index contributed by atoms with van der Waals surface area (Å²) in [6.45, 7) is 1.88. The van der Waals surface area contributed by atoms with Crippen molar-refractivity contribution in [3.63, 3.8) is 0 Å². The van der Waals surface area contributed by atoms with Gasteiger partial charge in [-0.3, -0.25) is 9.52 Å². The predicted octanol–water partition coefficient (Wildman–Crippen LogP) is 4.13. The van der Waals surface area contributed by atoms with E-state index < -0.39 is 10.0 Å². The monoisotopic (exact) mass is 455 g/mol. The highest BCUT2D eigenvalue weighted by Crippen LogP contribution is 2.36. The molecule has 0 saturated heterocycles. The number of sulfonamides is 1. The fourth-order valence-corrected chi connectivity index (χ4v) is 6.11. The number of rotatable bonds is 4. The SMILES string of the molecule is Cc1sc(NS(=O)(=O)c2ccc3c(c2)CCCC3)nc1-c1ccc2c(c1)NC(=O)CO2. The van der Waals surface area contributed by atoms with E-state index in [1.165, 1.54) is 16.9 Å². The molecule has 2 aromatic carbocycles. The van der Waals surface area contributed by atoms with E-state index in [0.717, 1.165) is 41.7 Å². The summed E-state index contributed by atoms with van der Waals surface area (Å²) >= 11 is 1.28. The lowest BCUT2D eigenvalue weighted by Gasteiger charge is -2.18. The molecule has 5 rings (SSSR count). The summed E-state index contributed by atoms with van der Waals surface area (Å²) in [5.74, 6) is 0.391. The quantitative estimate of drug-likeness (QED) is 0.617. The van der Waals surface area contributed by atoms with E-state index in [1.807, 2.05) is 19.1 Å². The number of hydrogen-bond acceptors (Lipinski definition) is 6. The maximum Gasteiger partial charge on any atom is 0.263 e. The molecule has 2 heterocycles. The third-order valence-electron chi connectivity index (χ3n) is 5.53. The number of hydrogen-bond donors (Lipinski definition) is 2. The average Bonchev–Trinajstić information content (AvgIpc) is 3.12. The van der Waals surface area contributed by atoms with Crippen molar-refractivity contribution in [3.05, 3.63) is 52.4 Å². The van der Waals surface area contributed by atoms with E-state index in [2.05, 4.69) is 15.0 Å². The topological polar surface area (TPSA) is 97.4 Å². The van der Waals surface area contributed by atoms with Crippen LogP contribution in [0.4, 0.5) is 10.8 Å². The van der Waals surface area contributed by atoms with Crippen molar-refractivity contribution >= 4 is 38.1 Å². The van der Waals surface area contributed by atoms with Crippen LogP contribution >= 0.6 is 11.3 Å². The Kier molecular flexibility index (Phi) is 4.94. The summed E-state index contributed by atoms with van der Waals surface area (Å²) in [5.41, 5.74) is 4.37. The zero-order chi connectivity index (χ0) is 21.6. The molecule has 160 valence electrons. The molecule has 2 N–H and O–H groups in total. The Hall–Kier alpha value is -2.91. The van der Waals surface area contributed by atoms with Gasteiger partial charge in [0.1, 0.15) is 5.75 Å². The van der Waals surface area contributed by atoms with Crippen molar-refractivity contribution in [3.8, 4) is 17.0 Å². The molecular weight excluding hydrogens is 434 g/mol. The number of carbonyl (C=O) groups is 1. The maximum atomic E-state index is 13.0. The van der Waals surface area contributed by atoms with Crippen molar-refractivity contribution in [1.29, 1.82) is 0 Å². The molecule has 1 aliphatic heterocycles. The van der Waals surface area contributed by atoms with Crippen LogP contribution < -0.4 is 14.8 Å². The highest BCUT2D eigenvalue weighted by molar-refractivity contribution is 7.93. The smallest absolute Gasteiger partial charge is 0.263 e. The second-order valence-electron chi connectivity index (χ2n) is 7.71. The van der Waals surface area contributed by atoms with Crippen LogP contribution in [0.25, 0.3) is 11.3 Å². The molecular formula is C22H21N3O4S2. The lowest BCUT2D eigenvalue weighted by molar-refractivity contribution is -0.118. The zero-order valence-corrected chi connectivity index (χ0v) is 18.5. The molecule has 0 radical (unpaired) electrons. The van der Waals surface area contributed by atoms with Gasteiger partial charge in [0, 0.05) is 10.4 Å². The van der Waals surface area contributed by atoms with Crippen LogP contribution in [0.3, 0.4) is 0 Å². The normalized spacial score (nSPS) is 15.5. The van der Waals surface area contributed by atoms with E-state index in [9.17, 15) is 13.2 Å². The summed E-state index contributed by atoms with van der Waals surface area (Å²) in [5, 5.41) is 3.09. The first-order chi connectivity index (χ1) is 14.9. The maximum absolute atomic E-state index is 13.0. The summed E-state index contributed by atoms with van der Waals surface area (Å²) < 4.78 is 33.9. The van der Waals surface area contributed by atoms with Crippen LogP contribution in [0.1, 0.15) is 28.8 Å². The van der Waals surface area contributed by atoms with Crippen molar-refractivity contribution in [1.82, 2.24) is 4.98 Å². The van der Waals surface area contributed by atoms with Crippen molar-refractivity contribution in [2.75, 3.05) is 16.6 Å². The number of aryl methyl sites for hydroxylation is 3. The lowest BCUT2D eigenvalue weighted by Crippen LogP contribution is -2.25. The summed E-state index contributed by atoms with van der Waals surface area (Å²) in [7, 11) is -3.73. The first-order valence-corrected chi connectivity index (χ1v) is 12.4. The van der Waals surface area contributed by atoms with E-state index in [0.29, 0.717) is 22.3 Å². The molecule has 9 heteroatoms. The number of nitrogens with zero attached hydrogens (tertiary/aromatic N) is 1. The van der Waals surface area contributed by atoms with E-state index in [4.69, 9.17) is 4.74 Å². The largest absolute Gasteiger partial charge is 0.482 e. The number of nitrogens with one attached hydrogen (secondary N) is 2. The predicted molar refractivity (Wildman–Crippen MR) is 120 cm³/mol. The fraction of sp³-hybridized carbons (Fsp3) is 0.273. The van der Waals surface area contributed by atoms with Crippen LogP contribution in [0.2, 0.25) is 0 Å². The number of ether oxygens (including phenoxy) is 1. The average molecular weight is 456 g/mol. The first-order valence-electron chi connectivity index (χ1n) is 10.1. The molecule has 7 nitrogen and oxygen atoms in total. The second-order valence-corrected chi connectivity index (χ2v) is 10.6. The molecule has 2 aliphatic rings. The van der Waals surface area contributed by atoms with Gasteiger partial charge in [0.2, 0.25) is 0 Å². The second kappa shape index (κ2) is 7.65. The molecule has 1 aromatic heterocycles. The minimum Gasteiger partial charge on any atom is -0.482 e. The van der Waals surface area contributed by atoms with Gasteiger partial charge in [-0.05, 0) is 74.1 Å². The number of carbonyl (C=O) groups excluding carboxylic acids is 1. The van der Waals surface area contributed by atoms with Crippen molar-refractivity contribution < 1.29 is 17.9 Å². The standard InChI is InChI=1S/C22H21N3O4S2/c1-13-21(16-7-9-19-18(11-16)23-20(26)12-29-19)24-22(30-13)25-31(27,28)17-8-6-14-4-2-3-5-15(14)10-17/h6-11H,2-5,12H2,1H3,(H,23,26)(H,24,25). The Labute approximate surface area is 184 Å². The summed E-state index contributed by atoms with van der Waals surface area (Å²) in [6, 6.07) is 10.8. The van der Waals surface area contributed by atoms with Gasteiger partial charge in [-0.1, -0.05) is 6.07 Å². The Morgan fingerprint density at radius 1 is 1.10 bits per heavy atom. The van der Waals surface area contributed by atoms with Crippen LogP contribution in [0, 0.1) is 6.92 Å². The molecule has 3 aromatic rings. The minimum atomic E-state index is -3.73. The number of thiazole rings is 1. The summed E-state index contributed by atoms with van der Waals surface area (Å²) in [4.78, 5) is 17.2. The number of fused-ring (bicyclic) bond motifs is 2. The number of benzene rings is 2. The Morgan fingerprint density at radius 3 is 2.74 bits per heavy atom. The summed E-state index contributed by atoms with van der Waals surface area (Å²) in [6.07, 6.45) is 4.16. The van der Waals surface area contributed by atoms with Gasteiger partial charge < -0.3 is 10.1 Å². The number of aromatic nitrogens is 1. The molecule has 1 aliphatic carbocycles. The van der Waals surface area contributed by atoms with Gasteiger partial charge >= 0.3 is 0 Å². The third kappa shape index (κ3) is 3.90. The minimum absolute atomic E-state index is 0.00328. The fourth-order valence-electron chi connectivity index (χ4n) is 3.99. The molecule has 0 atom stereocenters. The third-order valence-corrected chi connectivity index (χ3v) is 7.89. The number of anilines is 2. The van der Waals surface area contributed by atoms with Gasteiger partial charge in [0.05, 0.1) is 16.3 Å². The Balaban J connectivity index is 1.42. The van der Waals surface area contributed by atoms with Gasteiger partial charge in [-0.15, -0.1) is 11.3 Å². The van der Waals surface area contributed by atoms with Crippen LogP contribution in [-0.4, -0.2) is 25.9 Å². The molecule has 0 unspecified atom stereocenters. The van der Waals surface area contributed by atoms with Gasteiger partial charge in [0.15, 0.2) is 11.7 Å². The van der Waals surface area contributed by atoms with Gasteiger partial charge in [-0.25, -0.2) is 13.4 Å². The Bertz CT molecular complexity index is 1300. The molecule has 0 saturated carbocycles. The molecule has 0 spiro atoms. The first kappa shape index (κ1) is 20.0. The zero-order valence-electron chi connectivity index (χ0n) is 16.9. The van der Waals surface area contributed by atoms with Gasteiger partial charge in [0.25, 0.3) is 15.9 Å². The van der Waals surface area contributed by atoms with Crippen molar-refractivity contribution in [2.45, 2.75) is 37.5 Å². The Morgan fingerprint density at radius 2 is 1.90 bits per heavy atom. The highest BCUT2D eigenvalue weighted by atomic mass is 32.2. The molecule has 31 heavy (non-hydrogen) atoms. The van der Waals surface area contributed by atoms with Gasteiger partial charge in [-0.2, -0.15) is 0 Å².